The predicted octanol–water partition coefficient (Wildman–Crippen LogP) is 2.78. The fraction of sp³-hybridized carbons (Fsp3) is 0.467. The Balaban J connectivity index is 2.10. The van der Waals surface area contributed by atoms with Crippen molar-refractivity contribution in [2.45, 2.75) is 12.5 Å². The summed E-state index contributed by atoms with van der Waals surface area (Å²) in [5, 5.41) is 2.04. The van der Waals surface area contributed by atoms with Crippen LogP contribution in [0.25, 0.3) is 10.9 Å². The van der Waals surface area contributed by atoms with Crippen LogP contribution in [0.4, 0.5) is 0 Å². The van der Waals surface area contributed by atoms with E-state index in [1.165, 1.54) is 16.5 Å². The van der Waals surface area contributed by atoms with E-state index in [0.717, 1.165) is 24.5 Å². The van der Waals surface area contributed by atoms with Crippen molar-refractivity contribution in [1.29, 1.82) is 0 Å². The summed E-state index contributed by atoms with van der Waals surface area (Å²) in [6.45, 7) is 1.83. The molecule has 1 aromatic carbocycles. The molecule has 4 heteroatoms. The van der Waals surface area contributed by atoms with Crippen LogP contribution in [0.2, 0.25) is 5.02 Å². The third kappa shape index (κ3) is 2.06. The zero-order valence-corrected chi connectivity index (χ0v) is 12.2. The normalized spacial score (nSPS) is 24.4. The fourth-order valence-electron chi connectivity index (χ4n) is 3.33. The molecular weight excluding hydrogens is 258 g/mol. The van der Waals surface area contributed by atoms with E-state index >= 15 is 0 Å². The van der Waals surface area contributed by atoms with Gasteiger partial charge in [0.05, 0.1) is 5.02 Å². The summed E-state index contributed by atoms with van der Waals surface area (Å²) in [5.41, 5.74) is 8.36. The number of halogens is 1. The number of nitrogens with two attached hydrogens (primary N) is 1. The van der Waals surface area contributed by atoms with Gasteiger partial charge in [-0.15, -0.1) is 0 Å². The van der Waals surface area contributed by atoms with Crippen molar-refractivity contribution in [1.82, 2.24) is 9.47 Å². The minimum atomic E-state index is 0.428. The van der Waals surface area contributed by atoms with Gasteiger partial charge in [-0.05, 0) is 37.6 Å². The standard InChI is InChI=1S/C15H20ClN3/c1-18-8-10(7-17)6-14(18)11-4-3-5-13-15(11)12(16)9-19(13)2/h3-5,9-10,14H,6-8,17H2,1-2H3. The quantitative estimate of drug-likeness (QED) is 0.916. The maximum atomic E-state index is 6.42. The summed E-state index contributed by atoms with van der Waals surface area (Å²) < 4.78 is 2.09. The molecule has 2 atom stereocenters. The van der Waals surface area contributed by atoms with E-state index in [4.69, 9.17) is 17.3 Å². The highest BCUT2D eigenvalue weighted by atomic mass is 35.5. The van der Waals surface area contributed by atoms with E-state index in [0.29, 0.717) is 12.0 Å². The van der Waals surface area contributed by atoms with Crippen molar-refractivity contribution in [3.05, 3.63) is 35.0 Å². The SMILES string of the molecule is CN1CC(CN)CC1c1cccc2c1c(Cl)cn2C. The van der Waals surface area contributed by atoms with Gasteiger partial charge in [0.25, 0.3) is 0 Å². The van der Waals surface area contributed by atoms with Gasteiger partial charge in [0.1, 0.15) is 0 Å². The molecule has 0 amide bonds. The van der Waals surface area contributed by atoms with Gasteiger partial charge in [-0.1, -0.05) is 23.7 Å². The summed E-state index contributed by atoms with van der Waals surface area (Å²) in [4.78, 5) is 2.40. The molecule has 2 N–H and O–H groups in total. The molecule has 3 rings (SSSR count). The average Bonchev–Trinajstić information content (AvgIpc) is 2.91. The van der Waals surface area contributed by atoms with Crippen LogP contribution in [0.15, 0.2) is 24.4 Å². The third-order valence-electron chi connectivity index (χ3n) is 4.33. The Hall–Kier alpha value is -1.03. The van der Waals surface area contributed by atoms with Crippen LogP contribution in [0.3, 0.4) is 0 Å². The summed E-state index contributed by atoms with van der Waals surface area (Å²) in [6, 6.07) is 6.88. The van der Waals surface area contributed by atoms with E-state index < -0.39 is 0 Å². The van der Waals surface area contributed by atoms with E-state index in [9.17, 15) is 0 Å². The lowest BCUT2D eigenvalue weighted by Gasteiger charge is -2.20. The molecule has 1 aliphatic rings. The van der Waals surface area contributed by atoms with Crippen molar-refractivity contribution in [3.63, 3.8) is 0 Å². The van der Waals surface area contributed by atoms with Gasteiger partial charge in [-0.25, -0.2) is 0 Å². The zero-order valence-electron chi connectivity index (χ0n) is 11.4. The van der Waals surface area contributed by atoms with Gasteiger partial charge in [0.2, 0.25) is 0 Å². The van der Waals surface area contributed by atoms with Crippen LogP contribution in [-0.2, 0) is 7.05 Å². The Morgan fingerprint density at radius 1 is 1.37 bits per heavy atom. The first-order valence-electron chi connectivity index (χ1n) is 6.75. The molecule has 0 aliphatic carbocycles. The van der Waals surface area contributed by atoms with Gasteiger partial charge in [-0.3, -0.25) is 4.90 Å². The first-order chi connectivity index (χ1) is 9.11. The largest absolute Gasteiger partial charge is 0.349 e. The molecule has 2 aromatic rings. The molecule has 0 saturated carbocycles. The molecule has 1 fully saturated rings. The number of aromatic nitrogens is 1. The van der Waals surface area contributed by atoms with Crippen LogP contribution >= 0.6 is 11.6 Å². The van der Waals surface area contributed by atoms with Gasteiger partial charge in [0, 0.05) is 36.7 Å². The second-order valence-electron chi connectivity index (χ2n) is 5.62. The molecule has 1 aromatic heterocycles. The van der Waals surface area contributed by atoms with Crippen LogP contribution < -0.4 is 5.73 Å². The molecule has 19 heavy (non-hydrogen) atoms. The van der Waals surface area contributed by atoms with E-state index in [1.807, 2.05) is 13.2 Å². The molecule has 1 aliphatic heterocycles. The molecule has 1 saturated heterocycles. The maximum Gasteiger partial charge on any atom is 0.0664 e. The van der Waals surface area contributed by atoms with E-state index in [2.05, 4.69) is 34.7 Å². The van der Waals surface area contributed by atoms with Crippen LogP contribution in [0, 0.1) is 5.92 Å². The number of benzene rings is 1. The topological polar surface area (TPSA) is 34.2 Å². The van der Waals surface area contributed by atoms with E-state index in [-0.39, 0.29) is 0 Å². The Kier molecular flexibility index (Phi) is 3.29. The Morgan fingerprint density at radius 2 is 2.16 bits per heavy atom. The number of fused-ring (bicyclic) bond motifs is 1. The number of aryl methyl sites for hydroxylation is 1. The molecule has 0 bridgehead atoms. The molecular formula is C15H20ClN3. The van der Waals surface area contributed by atoms with Gasteiger partial charge in [-0.2, -0.15) is 0 Å². The Bertz CT molecular complexity index is 605. The maximum absolute atomic E-state index is 6.42. The second kappa shape index (κ2) is 4.82. The summed E-state index contributed by atoms with van der Waals surface area (Å²) >= 11 is 6.42. The van der Waals surface area contributed by atoms with Crippen LogP contribution in [0.5, 0.6) is 0 Å². The molecule has 2 heterocycles. The summed E-state index contributed by atoms with van der Waals surface area (Å²) in [7, 11) is 4.22. The number of nitrogens with zero attached hydrogens (tertiary/aromatic N) is 2. The van der Waals surface area contributed by atoms with Crippen molar-refractivity contribution in [2.24, 2.45) is 18.7 Å². The zero-order chi connectivity index (χ0) is 13.6. The molecule has 2 unspecified atom stereocenters. The Morgan fingerprint density at radius 3 is 2.84 bits per heavy atom. The summed E-state index contributed by atoms with van der Waals surface area (Å²) in [6.07, 6.45) is 3.11. The number of hydrogen-bond donors (Lipinski definition) is 1. The molecule has 3 nitrogen and oxygen atoms in total. The van der Waals surface area contributed by atoms with Crippen molar-refractivity contribution in [3.8, 4) is 0 Å². The number of rotatable bonds is 2. The van der Waals surface area contributed by atoms with Gasteiger partial charge < -0.3 is 10.3 Å². The lowest BCUT2D eigenvalue weighted by Crippen LogP contribution is -2.20. The van der Waals surface area contributed by atoms with Crippen molar-refractivity contribution in [2.75, 3.05) is 20.1 Å². The molecule has 102 valence electrons. The second-order valence-corrected chi connectivity index (χ2v) is 6.03. The minimum absolute atomic E-state index is 0.428. The lowest BCUT2D eigenvalue weighted by atomic mass is 9.97. The highest BCUT2D eigenvalue weighted by Gasteiger charge is 2.31. The Labute approximate surface area is 118 Å². The highest BCUT2D eigenvalue weighted by molar-refractivity contribution is 6.36. The molecule has 0 radical (unpaired) electrons. The smallest absolute Gasteiger partial charge is 0.0664 e. The fourth-order valence-corrected chi connectivity index (χ4v) is 3.69. The third-order valence-corrected chi connectivity index (χ3v) is 4.61. The van der Waals surface area contributed by atoms with Crippen LogP contribution in [-0.4, -0.2) is 29.6 Å². The van der Waals surface area contributed by atoms with Gasteiger partial charge in [0.15, 0.2) is 0 Å². The number of hydrogen-bond acceptors (Lipinski definition) is 2. The minimum Gasteiger partial charge on any atom is -0.349 e. The van der Waals surface area contributed by atoms with Crippen molar-refractivity contribution < 1.29 is 0 Å². The number of likely N-dealkylation sites (tertiary alicyclic amines) is 1. The first-order valence-corrected chi connectivity index (χ1v) is 7.13. The average molecular weight is 278 g/mol. The van der Waals surface area contributed by atoms with Gasteiger partial charge >= 0.3 is 0 Å². The monoisotopic (exact) mass is 277 g/mol. The predicted molar refractivity (Wildman–Crippen MR) is 80.5 cm³/mol. The summed E-state index contributed by atoms with van der Waals surface area (Å²) in [5.74, 6) is 0.591. The van der Waals surface area contributed by atoms with Crippen molar-refractivity contribution >= 4 is 22.5 Å². The highest BCUT2D eigenvalue weighted by Crippen LogP contribution is 2.39. The lowest BCUT2D eigenvalue weighted by molar-refractivity contribution is 0.315. The molecule has 0 spiro atoms. The van der Waals surface area contributed by atoms with E-state index in [1.54, 1.807) is 0 Å². The van der Waals surface area contributed by atoms with Crippen LogP contribution in [0.1, 0.15) is 18.0 Å². The first kappa shape index (κ1) is 13.0.